The fourth-order valence-electron chi connectivity index (χ4n) is 1.97. The van der Waals surface area contributed by atoms with Gasteiger partial charge < -0.3 is 5.32 Å². The zero-order chi connectivity index (χ0) is 16.8. The summed E-state index contributed by atoms with van der Waals surface area (Å²) in [6.45, 7) is 8.28. The molecule has 0 fully saturated rings. The van der Waals surface area contributed by atoms with Crippen molar-refractivity contribution in [1.82, 2.24) is 9.62 Å². The second kappa shape index (κ2) is 8.10. The van der Waals surface area contributed by atoms with Crippen LogP contribution >= 0.6 is 0 Å². The number of rotatable bonds is 7. The minimum atomic E-state index is -3.44. The molecule has 1 aromatic carbocycles. The van der Waals surface area contributed by atoms with Crippen LogP contribution in [0.3, 0.4) is 0 Å². The molecule has 0 heterocycles. The zero-order valence-corrected chi connectivity index (χ0v) is 14.4. The van der Waals surface area contributed by atoms with Crippen molar-refractivity contribution in [1.29, 1.82) is 0 Å². The lowest BCUT2D eigenvalue weighted by Gasteiger charge is -2.18. The van der Waals surface area contributed by atoms with Crippen molar-refractivity contribution in [2.75, 3.05) is 13.1 Å². The topological polar surface area (TPSA) is 66.5 Å². The van der Waals surface area contributed by atoms with Crippen LogP contribution < -0.4 is 5.32 Å². The quantitative estimate of drug-likeness (QED) is 0.782. The molecule has 1 aromatic rings. The normalized spacial score (nSPS) is 12.3. The molecule has 0 aliphatic rings. The Hall–Kier alpha value is -1.66. The van der Waals surface area contributed by atoms with Crippen LogP contribution in [0.25, 0.3) is 6.08 Å². The molecule has 1 N–H and O–H groups in total. The highest BCUT2D eigenvalue weighted by atomic mass is 32.2. The van der Waals surface area contributed by atoms with Crippen molar-refractivity contribution in [3.05, 3.63) is 35.9 Å². The number of carbonyl (C=O) groups excluding carboxylic acids is 1. The number of nitrogens with zero attached hydrogens (tertiary/aromatic N) is 1. The van der Waals surface area contributed by atoms with Gasteiger partial charge in [-0.1, -0.05) is 26.0 Å². The molecule has 0 atom stereocenters. The molecule has 122 valence electrons. The summed E-state index contributed by atoms with van der Waals surface area (Å²) in [7, 11) is -3.44. The van der Waals surface area contributed by atoms with Crippen molar-refractivity contribution in [2.24, 2.45) is 0 Å². The van der Waals surface area contributed by atoms with Crippen LogP contribution in [0.15, 0.2) is 35.2 Å². The van der Waals surface area contributed by atoms with Gasteiger partial charge in [-0.2, -0.15) is 4.31 Å². The van der Waals surface area contributed by atoms with Gasteiger partial charge in [0.15, 0.2) is 0 Å². The number of benzene rings is 1. The van der Waals surface area contributed by atoms with Gasteiger partial charge in [0.25, 0.3) is 0 Å². The largest absolute Gasteiger partial charge is 0.350 e. The minimum Gasteiger partial charge on any atom is -0.350 e. The summed E-state index contributed by atoms with van der Waals surface area (Å²) in [5.41, 5.74) is 0.775. The Balaban J connectivity index is 2.87. The van der Waals surface area contributed by atoms with Crippen LogP contribution in [0.5, 0.6) is 0 Å². The fourth-order valence-corrected chi connectivity index (χ4v) is 3.43. The Morgan fingerprint density at radius 1 is 1.18 bits per heavy atom. The molecule has 0 spiro atoms. The second-order valence-electron chi connectivity index (χ2n) is 5.15. The van der Waals surface area contributed by atoms with Crippen LogP contribution in [-0.4, -0.2) is 37.8 Å². The number of sulfonamides is 1. The van der Waals surface area contributed by atoms with Crippen molar-refractivity contribution < 1.29 is 13.2 Å². The van der Waals surface area contributed by atoms with E-state index in [9.17, 15) is 13.2 Å². The van der Waals surface area contributed by atoms with Gasteiger partial charge in [0.1, 0.15) is 0 Å². The Morgan fingerprint density at radius 3 is 2.18 bits per heavy atom. The third-order valence-corrected chi connectivity index (χ3v) is 5.15. The van der Waals surface area contributed by atoms with E-state index in [0.717, 1.165) is 5.56 Å². The lowest BCUT2D eigenvalue weighted by atomic mass is 10.2. The molecule has 0 radical (unpaired) electrons. The molecule has 0 saturated heterocycles. The van der Waals surface area contributed by atoms with Crippen LogP contribution in [0, 0.1) is 0 Å². The molecule has 0 aromatic heterocycles. The zero-order valence-electron chi connectivity index (χ0n) is 13.5. The first-order valence-electron chi connectivity index (χ1n) is 7.40. The average Bonchev–Trinajstić information content (AvgIpc) is 2.46. The lowest BCUT2D eigenvalue weighted by Crippen LogP contribution is -2.30. The van der Waals surface area contributed by atoms with Crippen LogP contribution in [-0.2, 0) is 14.8 Å². The molecule has 6 heteroatoms. The molecule has 5 nitrogen and oxygen atoms in total. The van der Waals surface area contributed by atoms with E-state index in [-0.39, 0.29) is 16.8 Å². The summed E-state index contributed by atoms with van der Waals surface area (Å²) in [5, 5.41) is 2.75. The first-order valence-corrected chi connectivity index (χ1v) is 8.84. The van der Waals surface area contributed by atoms with E-state index in [0.29, 0.717) is 13.1 Å². The average molecular weight is 324 g/mol. The SMILES string of the molecule is CCN(CC)S(=O)(=O)c1ccc(/C=C/C(=O)NC(C)C)cc1. The van der Waals surface area contributed by atoms with E-state index >= 15 is 0 Å². The molecule has 1 amide bonds. The Kier molecular flexibility index (Phi) is 6.77. The molecule has 0 aliphatic carbocycles. The summed E-state index contributed by atoms with van der Waals surface area (Å²) in [6.07, 6.45) is 3.10. The van der Waals surface area contributed by atoms with Crippen molar-refractivity contribution in [2.45, 2.75) is 38.6 Å². The van der Waals surface area contributed by atoms with Gasteiger partial charge in [0.2, 0.25) is 15.9 Å². The van der Waals surface area contributed by atoms with Gasteiger partial charge in [-0.3, -0.25) is 4.79 Å². The maximum atomic E-state index is 12.3. The van der Waals surface area contributed by atoms with E-state index in [1.54, 1.807) is 30.3 Å². The van der Waals surface area contributed by atoms with Gasteiger partial charge in [0, 0.05) is 25.2 Å². The highest BCUT2D eigenvalue weighted by molar-refractivity contribution is 7.89. The smallest absolute Gasteiger partial charge is 0.244 e. The minimum absolute atomic E-state index is 0.0822. The van der Waals surface area contributed by atoms with Crippen LogP contribution in [0.4, 0.5) is 0 Å². The maximum absolute atomic E-state index is 12.3. The van der Waals surface area contributed by atoms with Gasteiger partial charge in [0.05, 0.1) is 4.90 Å². The third-order valence-electron chi connectivity index (χ3n) is 3.08. The monoisotopic (exact) mass is 324 g/mol. The number of amides is 1. The second-order valence-corrected chi connectivity index (χ2v) is 7.09. The first kappa shape index (κ1) is 18.4. The molecule has 0 aliphatic heterocycles. The molecular formula is C16H24N2O3S. The van der Waals surface area contributed by atoms with Gasteiger partial charge >= 0.3 is 0 Å². The number of hydrogen-bond donors (Lipinski definition) is 1. The first-order chi connectivity index (χ1) is 10.3. The van der Waals surface area contributed by atoms with Crippen molar-refractivity contribution >= 4 is 22.0 Å². The molecule has 0 unspecified atom stereocenters. The molecule has 22 heavy (non-hydrogen) atoms. The summed E-state index contributed by atoms with van der Waals surface area (Å²) in [4.78, 5) is 11.8. The third kappa shape index (κ3) is 4.96. The maximum Gasteiger partial charge on any atom is 0.244 e. The number of hydrogen-bond acceptors (Lipinski definition) is 3. The van der Waals surface area contributed by atoms with Gasteiger partial charge in [-0.05, 0) is 37.6 Å². The predicted molar refractivity (Wildman–Crippen MR) is 88.9 cm³/mol. The summed E-state index contributed by atoms with van der Waals surface area (Å²) >= 11 is 0. The molecule has 1 rings (SSSR count). The van der Waals surface area contributed by atoms with E-state index in [1.165, 1.54) is 10.4 Å². The number of carbonyl (C=O) groups is 1. The fraction of sp³-hybridized carbons (Fsp3) is 0.438. The van der Waals surface area contributed by atoms with E-state index in [1.807, 2.05) is 27.7 Å². The Bertz CT molecular complexity index is 615. The van der Waals surface area contributed by atoms with Crippen molar-refractivity contribution in [3.63, 3.8) is 0 Å². The Morgan fingerprint density at radius 2 is 1.73 bits per heavy atom. The predicted octanol–water partition coefficient (Wildman–Crippen LogP) is 2.25. The standard InChI is InChI=1S/C16H24N2O3S/c1-5-18(6-2)22(20,21)15-10-7-14(8-11-15)9-12-16(19)17-13(3)4/h7-13H,5-6H2,1-4H3,(H,17,19)/b12-9+. The lowest BCUT2D eigenvalue weighted by molar-refractivity contribution is -0.116. The van der Waals surface area contributed by atoms with E-state index in [2.05, 4.69) is 5.32 Å². The number of nitrogens with one attached hydrogen (secondary N) is 1. The highest BCUT2D eigenvalue weighted by Gasteiger charge is 2.20. The highest BCUT2D eigenvalue weighted by Crippen LogP contribution is 2.16. The Labute approximate surface area is 133 Å². The van der Waals surface area contributed by atoms with Crippen LogP contribution in [0.2, 0.25) is 0 Å². The van der Waals surface area contributed by atoms with E-state index < -0.39 is 10.0 Å². The van der Waals surface area contributed by atoms with Gasteiger partial charge in [-0.25, -0.2) is 8.42 Å². The van der Waals surface area contributed by atoms with E-state index in [4.69, 9.17) is 0 Å². The van der Waals surface area contributed by atoms with Gasteiger partial charge in [-0.15, -0.1) is 0 Å². The molecule has 0 saturated carbocycles. The summed E-state index contributed by atoms with van der Waals surface area (Å²) < 4.78 is 26.1. The van der Waals surface area contributed by atoms with Crippen molar-refractivity contribution in [3.8, 4) is 0 Å². The van der Waals surface area contributed by atoms with Crippen LogP contribution in [0.1, 0.15) is 33.3 Å². The summed E-state index contributed by atoms with van der Waals surface area (Å²) in [6, 6.07) is 6.59. The molecule has 0 bridgehead atoms. The summed E-state index contributed by atoms with van der Waals surface area (Å²) in [5.74, 6) is -0.171. The molecular weight excluding hydrogens is 300 g/mol.